The zero-order valence-corrected chi connectivity index (χ0v) is 9.09. The summed E-state index contributed by atoms with van der Waals surface area (Å²) < 4.78 is 1.58. The van der Waals surface area contributed by atoms with Gasteiger partial charge in [-0.2, -0.15) is 9.67 Å². The highest BCUT2D eigenvalue weighted by Gasteiger charge is 2.07. The van der Waals surface area contributed by atoms with E-state index in [0.29, 0.717) is 11.9 Å². The van der Waals surface area contributed by atoms with Gasteiger partial charge in [0.05, 0.1) is 5.69 Å². The molecule has 2 aromatic heterocycles. The number of hydrogen-bond donors (Lipinski definition) is 2. The number of aromatic nitrogens is 4. The van der Waals surface area contributed by atoms with Crippen LogP contribution in [0.2, 0.25) is 0 Å². The first kappa shape index (κ1) is 10.4. The zero-order valence-electron chi connectivity index (χ0n) is 9.09. The minimum Gasteiger partial charge on any atom is -0.368 e. The third kappa shape index (κ3) is 2.10. The van der Waals surface area contributed by atoms with Crippen molar-refractivity contribution >= 4 is 11.9 Å². The van der Waals surface area contributed by atoms with Gasteiger partial charge in [0.15, 0.2) is 0 Å². The standard InChI is InChI=1S/C10H14N6/c1-2-5-13-10-14-9(11)16(15-10)8-3-6-12-7-4-8/h3-4,6-7H,2,5H2,1H3,(H3,11,13,14,15). The number of nitrogens with two attached hydrogens (primary N) is 1. The van der Waals surface area contributed by atoms with E-state index in [1.165, 1.54) is 0 Å². The summed E-state index contributed by atoms with van der Waals surface area (Å²) >= 11 is 0. The van der Waals surface area contributed by atoms with Gasteiger partial charge in [0.1, 0.15) is 0 Å². The van der Waals surface area contributed by atoms with Gasteiger partial charge in [-0.1, -0.05) is 6.92 Å². The fraction of sp³-hybridized carbons (Fsp3) is 0.300. The number of nitrogens with one attached hydrogen (secondary N) is 1. The summed E-state index contributed by atoms with van der Waals surface area (Å²) in [6.45, 7) is 2.91. The van der Waals surface area contributed by atoms with E-state index in [9.17, 15) is 0 Å². The SMILES string of the molecule is CCCNc1nc(N)n(-c2ccncc2)n1. The Kier molecular flexibility index (Phi) is 3.00. The van der Waals surface area contributed by atoms with Crippen LogP contribution in [0.3, 0.4) is 0 Å². The van der Waals surface area contributed by atoms with Crippen molar-refractivity contribution in [2.45, 2.75) is 13.3 Å². The second kappa shape index (κ2) is 4.61. The Balaban J connectivity index is 2.25. The summed E-state index contributed by atoms with van der Waals surface area (Å²) in [6.07, 6.45) is 4.40. The summed E-state index contributed by atoms with van der Waals surface area (Å²) in [5.41, 5.74) is 6.63. The molecule has 0 atom stereocenters. The van der Waals surface area contributed by atoms with Crippen molar-refractivity contribution in [3.8, 4) is 5.69 Å². The number of nitrogen functional groups attached to an aromatic ring is 1. The average Bonchev–Trinajstić information content (AvgIpc) is 2.69. The molecule has 0 saturated heterocycles. The van der Waals surface area contributed by atoms with E-state index in [0.717, 1.165) is 18.7 Å². The lowest BCUT2D eigenvalue weighted by atomic mass is 10.4. The molecule has 0 amide bonds. The Morgan fingerprint density at radius 3 is 2.81 bits per heavy atom. The topological polar surface area (TPSA) is 81.6 Å². The van der Waals surface area contributed by atoms with Gasteiger partial charge in [-0.05, 0) is 18.6 Å². The van der Waals surface area contributed by atoms with E-state index >= 15 is 0 Å². The molecule has 0 aromatic carbocycles. The Morgan fingerprint density at radius 2 is 2.12 bits per heavy atom. The molecule has 0 unspecified atom stereocenters. The highest BCUT2D eigenvalue weighted by Crippen LogP contribution is 2.12. The Hall–Kier alpha value is -2.11. The molecule has 0 aliphatic heterocycles. The number of hydrogen-bond acceptors (Lipinski definition) is 5. The van der Waals surface area contributed by atoms with E-state index in [1.54, 1.807) is 17.1 Å². The molecule has 0 aliphatic rings. The van der Waals surface area contributed by atoms with E-state index in [-0.39, 0.29) is 0 Å². The van der Waals surface area contributed by atoms with Crippen LogP contribution in [0.15, 0.2) is 24.5 Å². The molecule has 16 heavy (non-hydrogen) atoms. The van der Waals surface area contributed by atoms with Crippen LogP contribution in [0.5, 0.6) is 0 Å². The molecule has 0 bridgehead atoms. The van der Waals surface area contributed by atoms with E-state index in [4.69, 9.17) is 5.73 Å². The van der Waals surface area contributed by atoms with Crippen molar-refractivity contribution < 1.29 is 0 Å². The Morgan fingerprint density at radius 1 is 1.38 bits per heavy atom. The first-order valence-electron chi connectivity index (χ1n) is 5.18. The van der Waals surface area contributed by atoms with Crippen LogP contribution in [-0.4, -0.2) is 26.3 Å². The van der Waals surface area contributed by atoms with Crippen LogP contribution in [0, 0.1) is 0 Å². The molecule has 0 saturated carbocycles. The average molecular weight is 218 g/mol. The van der Waals surface area contributed by atoms with Gasteiger partial charge < -0.3 is 11.1 Å². The summed E-state index contributed by atoms with van der Waals surface area (Å²) in [5, 5.41) is 7.35. The third-order valence-corrected chi connectivity index (χ3v) is 2.07. The molecular formula is C10H14N6. The van der Waals surface area contributed by atoms with Crippen molar-refractivity contribution in [1.82, 2.24) is 19.7 Å². The van der Waals surface area contributed by atoms with Gasteiger partial charge in [-0.15, -0.1) is 5.10 Å². The predicted molar refractivity (Wildman–Crippen MR) is 62.3 cm³/mol. The second-order valence-electron chi connectivity index (χ2n) is 3.34. The molecule has 0 radical (unpaired) electrons. The van der Waals surface area contributed by atoms with Gasteiger partial charge in [-0.3, -0.25) is 4.98 Å². The van der Waals surface area contributed by atoms with Crippen molar-refractivity contribution in [1.29, 1.82) is 0 Å². The lowest BCUT2D eigenvalue weighted by Crippen LogP contribution is -2.03. The maximum absolute atomic E-state index is 5.77. The van der Waals surface area contributed by atoms with Crippen LogP contribution < -0.4 is 11.1 Å². The highest BCUT2D eigenvalue weighted by atomic mass is 15.4. The van der Waals surface area contributed by atoms with Crippen molar-refractivity contribution in [2.75, 3.05) is 17.6 Å². The van der Waals surface area contributed by atoms with Gasteiger partial charge in [0, 0.05) is 18.9 Å². The molecule has 2 rings (SSSR count). The van der Waals surface area contributed by atoms with E-state index < -0.39 is 0 Å². The summed E-state index contributed by atoms with van der Waals surface area (Å²) in [4.78, 5) is 8.06. The van der Waals surface area contributed by atoms with E-state index in [2.05, 4.69) is 27.3 Å². The number of anilines is 2. The lowest BCUT2D eigenvalue weighted by Gasteiger charge is -2.00. The van der Waals surface area contributed by atoms with Crippen LogP contribution in [0.25, 0.3) is 5.69 Å². The van der Waals surface area contributed by atoms with Gasteiger partial charge in [0.25, 0.3) is 0 Å². The number of nitrogens with zero attached hydrogens (tertiary/aromatic N) is 4. The molecule has 0 spiro atoms. The van der Waals surface area contributed by atoms with Gasteiger partial charge in [0.2, 0.25) is 11.9 Å². The second-order valence-corrected chi connectivity index (χ2v) is 3.34. The Bertz CT molecular complexity index is 450. The molecular weight excluding hydrogens is 204 g/mol. The maximum Gasteiger partial charge on any atom is 0.244 e. The fourth-order valence-corrected chi connectivity index (χ4v) is 1.31. The van der Waals surface area contributed by atoms with Crippen LogP contribution >= 0.6 is 0 Å². The smallest absolute Gasteiger partial charge is 0.244 e. The molecule has 0 aliphatic carbocycles. The van der Waals surface area contributed by atoms with Crippen LogP contribution in [0.1, 0.15) is 13.3 Å². The monoisotopic (exact) mass is 218 g/mol. The summed E-state index contributed by atoms with van der Waals surface area (Å²) in [6, 6.07) is 3.66. The molecule has 6 heteroatoms. The quantitative estimate of drug-likeness (QED) is 0.802. The molecule has 84 valence electrons. The highest BCUT2D eigenvalue weighted by molar-refractivity contribution is 5.40. The van der Waals surface area contributed by atoms with Crippen molar-refractivity contribution in [3.05, 3.63) is 24.5 Å². The molecule has 2 heterocycles. The molecule has 0 fully saturated rings. The van der Waals surface area contributed by atoms with Crippen LogP contribution in [-0.2, 0) is 0 Å². The van der Waals surface area contributed by atoms with E-state index in [1.807, 2.05) is 12.1 Å². The van der Waals surface area contributed by atoms with Gasteiger partial charge >= 0.3 is 0 Å². The minimum absolute atomic E-state index is 0.366. The first-order chi connectivity index (χ1) is 7.81. The van der Waals surface area contributed by atoms with Crippen LogP contribution in [0.4, 0.5) is 11.9 Å². The number of rotatable bonds is 4. The normalized spacial score (nSPS) is 10.3. The number of pyridine rings is 1. The van der Waals surface area contributed by atoms with Gasteiger partial charge in [-0.25, -0.2) is 0 Å². The van der Waals surface area contributed by atoms with Crippen molar-refractivity contribution in [2.24, 2.45) is 0 Å². The fourth-order valence-electron chi connectivity index (χ4n) is 1.31. The predicted octanol–water partition coefficient (Wildman–Crippen LogP) is 1.07. The van der Waals surface area contributed by atoms with Crippen molar-refractivity contribution in [3.63, 3.8) is 0 Å². The first-order valence-corrected chi connectivity index (χ1v) is 5.18. The summed E-state index contributed by atoms with van der Waals surface area (Å²) in [5.74, 6) is 0.918. The molecule has 2 aromatic rings. The lowest BCUT2D eigenvalue weighted by molar-refractivity contribution is 0.878. The minimum atomic E-state index is 0.366. The molecule has 3 N–H and O–H groups in total. The maximum atomic E-state index is 5.77. The zero-order chi connectivity index (χ0) is 11.4. The largest absolute Gasteiger partial charge is 0.368 e. The Labute approximate surface area is 93.5 Å². The summed E-state index contributed by atoms with van der Waals surface area (Å²) in [7, 11) is 0. The molecule has 6 nitrogen and oxygen atoms in total. The third-order valence-electron chi connectivity index (χ3n) is 2.07.